The van der Waals surface area contributed by atoms with Crippen LogP contribution in [0.5, 0.6) is 0 Å². The lowest BCUT2D eigenvalue weighted by Gasteiger charge is -2.18. The van der Waals surface area contributed by atoms with Crippen LogP contribution in [0.4, 0.5) is 13.9 Å². The highest BCUT2D eigenvalue weighted by Gasteiger charge is 2.21. The normalized spacial score (nSPS) is 12.3. The number of fused-ring (bicyclic) bond motifs is 1. The summed E-state index contributed by atoms with van der Waals surface area (Å²) >= 11 is 2.37. The number of halogens is 2. The van der Waals surface area contributed by atoms with Crippen LogP contribution in [-0.2, 0) is 4.79 Å². The zero-order chi connectivity index (χ0) is 23.7. The fourth-order valence-corrected chi connectivity index (χ4v) is 4.97. The highest BCUT2D eigenvalue weighted by molar-refractivity contribution is 8.00. The standard InChI is InChI=1S/C23H20F2N4O2S2/c1-12(2)29-21(31)15-6-4-5-7-18(15)27-23(29)33-13(3)20(30)28-22-26-19(11-32-22)14-8-9-16(24)17(25)10-14/h4-13H,1-3H3,(H,26,28,30). The maximum absolute atomic E-state index is 13.5. The van der Waals surface area contributed by atoms with E-state index in [9.17, 15) is 18.4 Å². The van der Waals surface area contributed by atoms with Gasteiger partial charge in [0.1, 0.15) is 0 Å². The molecule has 0 radical (unpaired) electrons. The highest BCUT2D eigenvalue weighted by atomic mass is 32.2. The average Bonchev–Trinajstić information content (AvgIpc) is 3.24. The molecule has 33 heavy (non-hydrogen) atoms. The van der Waals surface area contributed by atoms with Crippen LogP contribution in [0, 0.1) is 11.6 Å². The third kappa shape index (κ3) is 4.81. The largest absolute Gasteiger partial charge is 0.301 e. The van der Waals surface area contributed by atoms with E-state index in [-0.39, 0.29) is 17.5 Å². The van der Waals surface area contributed by atoms with Crippen LogP contribution >= 0.6 is 23.1 Å². The number of anilines is 1. The zero-order valence-electron chi connectivity index (χ0n) is 18.0. The summed E-state index contributed by atoms with van der Waals surface area (Å²) in [6.45, 7) is 5.50. The molecule has 10 heteroatoms. The molecule has 1 N–H and O–H groups in total. The first-order valence-electron chi connectivity index (χ1n) is 10.1. The van der Waals surface area contributed by atoms with Gasteiger partial charge in [-0.3, -0.25) is 14.2 Å². The molecule has 4 aromatic rings. The van der Waals surface area contributed by atoms with Crippen molar-refractivity contribution in [2.45, 2.75) is 37.2 Å². The summed E-state index contributed by atoms with van der Waals surface area (Å²) < 4.78 is 28.3. The maximum atomic E-state index is 13.5. The van der Waals surface area contributed by atoms with Crippen molar-refractivity contribution in [1.82, 2.24) is 14.5 Å². The molecule has 170 valence electrons. The van der Waals surface area contributed by atoms with Gasteiger partial charge in [-0.1, -0.05) is 23.9 Å². The van der Waals surface area contributed by atoms with Gasteiger partial charge in [0.05, 0.1) is 21.8 Å². The summed E-state index contributed by atoms with van der Waals surface area (Å²) in [6, 6.07) is 10.5. The van der Waals surface area contributed by atoms with Crippen molar-refractivity contribution in [3.63, 3.8) is 0 Å². The smallest absolute Gasteiger partial charge is 0.262 e. The van der Waals surface area contributed by atoms with Gasteiger partial charge in [0, 0.05) is 17.0 Å². The Morgan fingerprint density at radius 2 is 1.85 bits per heavy atom. The number of amides is 1. The van der Waals surface area contributed by atoms with Crippen LogP contribution < -0.4 is 10.9 Å². The minimum atomic E-state index is -0.963. The van der Waals surface area contributed by atoms with Gasteiger partial charge in [-0.15, -0.1) is 11.3 Å². The van der Waals surface area contributed by atoms with E-state index in [0.717, 1.165) is 12.1 Å². The average molecular weight is 487 g/mol. The molecule has 0 saturated carbocycles. The number of nitrogens with one attached hydrogen (secondary N) is 1. The predicted octanol–water partition coefficient (Wildman–Crippen LogP) is 5.50. The Kier molecular flexibility index (Phi) is 6.57. The van der Waals surface area contributed by atoms with Crippen LogP contribution in [0.15, 0.2) is 57.8 Å². The van der Waals surface area contributed by atoms with Crippen LogP contribution in [-0.4, -0.2) is 25.7 Å². The summed E-state index contributed by atoms with van der Waals surface area (Å²) in [5.74, 6) is -2.21. The third-order valence-electron chi connectivity index (χ3n) is 4.89. The molecule has 0 spiro atoms. The van der Waals surface area contributed by atoms with Crippen LogP contribution in [0.25, 0.3) is 22.2 Å². The van der Waals surface area contributed by atoms with Crippen molar-refractivity contribution in [2.75, 3.05) is 5.32 Å². The fraction of sp³-hybridized carbons (Fsp3) is 0.217. The number of aromatic nitrogens is 3. The number of thioether (sulfide) groups is 1. The molecule has 0 bridgehead atoms. The molecule has 1 amide bonds. The lowest BCUT2D eigenvalue weighted by Crippen LogP contribution is -2.28. The summed E-state index contributed by atoms with van der Waals surface area (Å²) in [5.41, 5.74) is 1.26. The highest BCUT2D eigenvalue weighted by Crippen LogP contribution is 2.28. The minimum absolute atomic E-state index is 0.134. The molecule has 0 aliphatic heterocycles. The first kappa shape index (κ1) is 23.1. The molecule has 0 saturated heterocycles. The lowest BCUT2D eigenvalue weighted by atomic mass is 10.2. The van der Waals surface area contributed by atoms with Crippen molar-refractivity contribution in [3.8, 4) is 11.3 Å². The summed E-state index contributed by atoms with van der Waals surface area (Å²) in [5, 5.41) is 5.14. The van der Waals surface area contributed by atoms with Gasteiger partial charge in [-0.25, -0.2) is 18.7 Å². The summed E-state index contributed by atoms with van der Waals surface area (Å²) in [7, 11) is 0. The molecule has 2 heterocycles. The van der Waals surface area contributed by atoms with Gasteiger partial charge < -0.3 is 5.32 Å². The number of rotatable bonds is 6. The monoisotopic (exact) mass is 486 g/mol. The molecule has 1 unspecified atom stereocenters. The Balaban J connectivity index is 1.53. The number of para-hydroxylation sites is 1. The number of carbonyl (C=O) groups is 1. The summed E-state index contributed by atoms with van der Waals surface area (Å²) in [4.78, 5) is 34.7. The fourth-order valence-electron chi connectivity index (χ4n) is 3.20. The third-order valence-corrected chi connectivity index (χ3v) is 6.72. The van der Waals surface area contributed by atoms with Gasteiger partial charge in [-0.2, -0.15) is 0 Å². The van der Waals surface area contributed by atoms with Crippen molar-refractivity contribution < 1.29 is 13.6 Å². The van der Waals surface area contributed by atoms with E-state index in [1.165, 1.54) is 29.2 Å². The summed E-state index contributed by atoms with van der Waals surface area (Å²) in [6.07, 6.45) is 0. The molecule has 6 nitrogen and oxygen atoms in total. The number of carbonyl (C=O) groups excluding carboxylic acids is 1. The van der Waals surface area contributed by atoms with Crippen LogP contribution in [0.3, 0.4) is 0 Å². The van der Waals surface area contributed by atoms with E-state index >= 15 is 0 Å². The molecule has 4 rings (SSSR count). The van der Waals surface area contributed by atoms with E-state index in [4.69, 9.17) is 0 Å². The zero-order valence-corrected chi connectivity index (χ0v) is 19.6. The maximum Gasteiger partial charge on any atom is 0.262 e. The van der Waals surface area contributed by atoms with Crippen LogP contribution in [0.2, 0.25) is 0 Å². The second-order valence-corrected chi connectivity index (χ2v) is 9.76. The Bertz CT molecular complexity index is 1400. The second-order valence-electron chi connectivity index (χ2n) is 7.60. The molecule has 2 aromatic heterocycles. The van der Waals surface area contributed by atoms with Crippen molar-refractivity contribution in [2.24, 2.45) is 0 Å². The minimum Gasteiger partial charge on any atom is -0.301 e. The van der Waals surface area contributed by atoms with Crippen molar-refractivity contribution in [1.29, 1.82) is 0 Å². The molecular weight excluding hydrogens is 466 g/mol. The molecule has 0 fully saturated rings. The van der Waals surface area contributed by atoms with Crippen molar-refractivity contribution >= 4 is 45.0 Å². The van der Waals surface area contributed by atoms with Gasteiger partial charge in [-0.05, 0) is 51.1 Å². The van der Waals surface area contributed by atoms with Gasteiger partial charge in [0.25, 0.3) is 5.56 Å². The number of hydrogen-bond acceptors (Lipinski definition) is 6. The Morgan fingerprint density at radius 3 is 2.58 bits per heavy atom. The Hall–Kier alpha value is -3.11. The molecular formula is C23H20F2N4O2S2. The van der Waals surface area contributed by atoms with E-state index < -0.39 is 16.9 Å². The quantitative estimate of drug-likeness (QED) is 0.288. The SMILES string of the molecule is CC(Sc1nc2ccccc2c(=O)n1C(C)C)C(=O)Nc1nc(-c2ccc(F)c(F)c2)cs1. The lowest BCUT2D eigenvalue weighted by molar-refractivity contribution is -0.115. The Morgan fingerprint density at radius 1 is 1.09 bits per heavy atom. The Labute approximate surface area is 196 Å². The van der Waals surface area contributed by atoms with Gasteiger partial charge in [0.2, 0.25) is 5.91 Å². The topological polar surface area (TPSA) is 76.9 Å². The number of nitrogens with zero attached hydrogens (tertiary/aromatic N) is 3. The van der Waals surface area contributed by atoms with E-state index in [1.807, 2.05) is 19.9 Å². The molecule has 1 atom stereocenters. The van der Waals surface area contributed by atoms with E-state index in [0.29, 0.717) is 32.4 Å². The molecule has 0 aliphatic rings. The molecule has 2 aromatic carbocycles. The van der Waals surface area contributed by atoms with E-state index in [1.54, 1.807) is 35.1 Å². The first-order chi connectivity index (χ1) is 15.7. The number of thiazole rings is 1. The van der Waals surface area contributed by atoms with Gasteiger partial charge >= 0.3 is 0 Å². The van der Waals surface area contributed by atoms with E-state index in [2.05, 4.69) is 15.3 Å². The van der Waals surface area contributed by atoms with Crippen molar-refractivity contribution in [3.05, 3.63) is 69.8 Å². The number of benzene rings is 2. The first-order valence-corrected chi connectivity index (χ1v) is 11.9. The predicted molar refractivity (Wildman–Crippen MR) is 128 cm³/mol. The second kappa shape index (κ2) is 9.40. The van der Waals surface area contributed by atoms with Crippen LogP contribution in [0.1, 0.15) is 26.8 Å². The molecule has 0 aliphatic carbocycles. The number of hydrogen-bond donors (Lipinski definition) is 1. The van der Waals surface area contributed by atoms with Gasteiger partial charge in [0.15, 0.2) is 21.9 Å².